The van der Waals surface area contributed by atoms with E-state index in [1.807, 2.05) is 6.08 Å². The van der Waals surface area contributed by atoms with E-state index in [1.165, 1.54) is 20.8 Å². The summed E-state index contributed by atoms with van der Waals surface area (Å²) in [6.07, 6.45) is 8.47. The number of unbranched alkanes of at least 4 members (excludes halogenated alkanes) is 6. The second-order valence-corrected chi connectivity index (χ2v) is 6.96. The van der Waals surface area contributed by atoms with Crippen molar-refractivity contribution in [1.82, 2.24) is 0 Å². The maximum atomic E-state index is 11.6. The summed E-state index contributed by atoms with van der Waals surface area (Å²) < 4.78 is -0.490. The van der Waals surface area contributed by atoms with Gasteiger partial charge in [-0.05, 0) is 46.5 Å². The van der Waals surface area contributed by atoms with Gasteiger partial charge in [-0.1, -0.05) is 25.3 Å². The van der Waals surface area contributed by atoms with Gasteiger partial charge in [0.05, 0.1) is 6.54 Å². The van der Waals surface area contributed by atoms with Crippen LogP contribution in [0.25, 0.3) is 0 Å². The summed E-state index contributed by atoms with van der Waals surface area (Å²) in [6.45, 7) is 8.09. The van der Waals surface area contributed by atoms with Crippen LogP contribution in [0.3, 0.4) is 0 Å². The normalized spacial score (nSPS) is 16.9. The molecule has 150 valence electrons. The van der Waals surface area contributed by atoms with Crippen molar-refractivity contribution in [1.29, 1.82) is 0 Å². The van der Waals surface area contributed by atoms with E-state index in [4.69, 9.17) is 0 Å². The number of carbonyl (C=O) groups is 3. The number of rotatable bonds is 15. The summed E-state index contributed by atoms with van der Waals surface area (Å²) in [6, 6.07) is -3.38. The molecular formula is C19H34NO6+. The van der Waals surface area contributed by atoms with Crippen LogP contribution in [0.5, 0.6) is 0 Å². The maximum absolute atomic E-state index is 11.6. The molecule has 0 aromatic rings. The van der Waals surface area contributed by atoms with Crippen LogP contribution in [-0.4, -0.2) is 62.4 Å². The molecule has 3 unspecified atom stereocenters. The highest BCUT2D eigenvalue weighted by molar-refractivity contribution is 5.77. The third-order valence-corrected chi connectivity index (χ3v) is 5.44. The minimum atomic E-state index is -1.18. The quantitative estimate of drug-likeness (QED) is 0.231. The molecule has 0 saturated carbocycles. The van der Waals surface area contributed by atoms with Crippen LogP contribution in [-0.2, 0) is 14.4 Å². The first-order valence-corrected chi connectivity index (χ1v) is 9.29. The molecular weight excluding hydrogens is 338 g/mol. The van der Waals surface area contributed by atoms with E-state index >= 15 is 0 Å². The highest BCUT2D eigenvalue weighted by Crippen LogP contribution is 2.27. The van der Waals surface area contributed by atoms with Crippen LogP contribution < -0.4 is 0 Å². The van der Waals surface area contributed by atoms with Crippen molar-refractivity contribution in [3.05, 3.63) is 12.7 Å². The fraction of sp³-hybridized carbons (Fsp3) is 0.737. The minimum absolute atomic E-state index is 0.209. The molecule has 0 heterocycles. The van der Waals surface area contributed by atoms with Crippen molar-refractivity contribution >= 4 is 17.9 Å². The van der Waals surface area contributed by atoms with Crippen molar-refractivity contribution in [2.75, 3.05) is 6.54 Å². The number of hydrogen-bond donors (Lipinski definition) is 3. The second-order valence-electron chi connectivity index (χ2n) is 6.96. The standard InChI is InChI=1S/C19H33NO6/c1-5-6-7-8-9-10-11-12-13-20(14(2)17(21)22,15(3)18(23)24)16(4)19(25)26/h5,14-16H,1,6-13H2,2-4H3,(H2-,21,22,23,24,25,26)/p+1. The van der Waals surface area contributed by atoms with E-state index in [0.717, 1.165) is 38.5 Å². The van der Waals surface area contributed by atoms with Gasteiger partial charge in [0, 0.05) is 0 Å². The summed E-state index contributed by atoms with van der Waals surface area (Å²) in [4.78, 5) is 34.9. The molecule has 0 fully saturated rings. The Morgan fingerprint density at radius 3 is 1.46 bits per heavy atom. The molecule has 0 aliphatic carbocycles. The lowest BCUT2D eigenvalue weighted by atomic mass is 10.00. The third-order valence-electron chi connectivity index (χ3n) is 5.44. The molecule has 0 aromatic heterocycles. The van der Waals surface area contributed by atoms with E-state index in [9.17, 15) is 29.7 Å². The van der Waals surface area contributed by atoms with Crippen molar-refractivity contribution < 1.29 is 34.2 Å². The monoisotopic (exact) mass is 372 g/mol. The van der Waals surface area contributed by atoms with Crippen LogP contribution in [0.15, 0.2) is 12.7 Å². The van der Waals surface area contributed by atoms with Crippen molar-refractivity contribution in [2.24, 2.45) is 0 Å². The lowest BCUT2D eigenvalue weighted by molar-refractivity contribution is -0.968. The van der Waals surface area contributed by atoms with Crippen LogP contribution in [0.2, 0.25) is 0 Å². The van der Waals surface area contributed by atoms with Gasteiger partial charge in [0.15, 0.2) is 18.1 Å². The van der Waals surface area contributed by atoms with Gasteiger partial charge in [-0.3, -0.25) is 4.48 Å². The summed E-state index contributed by atoms with van der Waals surface area (Å²) in [5.41, 5.74) is 0. The third kappa shape index (κ3) is 6.44. The highest BCUT2D eigenvalue weighted by Gasteiger charge is 2.52. The number of aliphatic carboxylic acids is 3. The Bertz CT molecular complexity index is 440. The van der Waals surface area contributed by atoms with Gasteiger partial charge in [-0.2, -0.15) is 0 Å². The molecule has 0 amide bonds. The van der Waals surface area contributed by atoms with Gasteiger partial charge in [-0.15, -0.1) is 6.58 Å². The van der Waals surface area contributed by atoms with E-state index < -0.39 is 40.5 Å². The number of hydrogen-bond acceptors (Lipinski definition) is 3. The Balaban J connectivity index is 5.18. The van der Waals surface area contributed by atoms with Crippen molar-refractivity contribution in [2.45, 2.75) is 83.8 Å². The molecule has 7 nitrogen and oxygen atoms in total. The first-order chi connectivity index (χ1) is 12.1. The predicted octanol–water partition coefficient (Wildman–Crippen LogP) is 3.14. The van der Waals surface area contributed by atoms with Gasteiger partial charge >= 0.3 is 17.9 Å². The molecule has 7 heteroatoms. The molecule has 0 bridgehead atoms. The lowest BCUT2D eigenvalue weighted by Gasteiger charge is -2.47. The van der Waals surface area contributed by atoms with Crippen molar-refractivity contribution in [3.63, 3.8) is 0 Å². The van der Waals surface area contributed by atoms with E-state index in [0.29, 0.717) is 6.42 Å². The predicted molar refractivity (Wildman–Crippen MR) is 98.9 cm³/mol. The molecule has 0 radical (unpaired) electrons. The van der Waals surface area contributed by atoms with E-state index in [1.54, 1.807) is 0 Å². The first kappa shape index (κ1) is 24.1. The fourth-order valence-corrected chi connectivity index (χ4v) is 3.59. The Labute approximate surface area is 155 Å². The molecule has 0 rings (SSSR count). The molecule has 0 saturated heterocycles. The Morgan fingerprint density at radius 2 is 1.12 bits per heavy atom. The number of carboxylic acid groups (broad SMARTS) is 3. The summed E-state index contributed by atoms with van der Waals surface area (Å²) >= 11 is 0. The van der Waals surface area contributed by atoms with E-state index in [-0.39, 0.29) is 6.54 Å². The van der Waals surface area contributed by atoms with Gasteiger partial charge in [0.25, 0.3) is 0 Å². The molecule has 3 atom stereocenters. The number of allylic oxidation sites excluding steroid dienone is 1. The zero-order valence-corrected chi connectivity index (χ0v) is 16.2. The zero-order valence-electron chi connectivity index (χ0n) is 16.2. The number of quaternary nitrogens is 1. The maximum Gasteiger partial charge on any atom is 0.362 e. The SMILES string of the molecule is C=CCCCCCCCC[N+](C(C)C(=O)O)(C(C)C(=O)O)C(C)C(=O)O. The number of nitrogens with zero attached hydrogens (tertiary/aromatic N) is 1. The minimum Gasteiger partial charge on any atom is -0.477 e. The molecule has 0 aromatic carbocycles. The van der Waals surface area contributed by atoms with Crippen LogP contribution in [0.4, 0.5) is 0 Å². The van der Waals surface area contributed by atoms with Gasteiger partial charge in [0.2, 0.25) is 0 Å². The average molecular weight is 372 g/mol. The summed E-state index contributed by atoms with van der Waals surface area (Å²) in [5.74, 6) is -3.55. The smallest absolute Gasteiger partial charge is 0.362 e. The fourth-order valence-electron chi connectivity index (χ4n) is 3.59. The summed E-state index contributed by atoms with van der Waals surface area (Å²) in [5, 5.41) is 28.5. The van der Waals surface area contributed by atoms with Crippen LogP contribution >= 0.6 is 0 Å². The van der Waals surface area contributed by atoms with Gasteiger partial charge in [-0.25, -0.2) is 14.4 Å². The van der Waals surface area contributed by atoms with Gasteiger partial charge < -0.3 is 15.3 Å². The molecule has 26 heavy (non-hydrogen) atoms. The molecule has 0 aliphatic rings. The van der Waals surface area contributed by atoms with E-state index in [2.05, 4.69) is 6.58 Å². The second kappa shape index (κ2) is 11.7. The summed E-state index contributed by atoms with van der Waals surface area (Å²) in [7, 11) is 0. The Hall–Kier alpha value is -1.89. The largest absolute Gasteiger partial charge is 0.477 e. The molecule has 0 aliphatic heterocycles. The average Bonchev–Trinajstić information content (AvgIpc) is 2.58. The molecule has 3 N–H and O–H groups in total. The van der Waals surface area contributed by atoms with Gasteiger partial charge in [0.1, 0.15) is 0 Å². The molecule has 0 spiro atoms. The first-order valence-electron chi connectivity index (χ1n) is 9.29. The van der Waals surface area contributed by atoms with Crippen LogP contribution in [0, 0.1) is 0 Å². The Morgan fingerprint density at radius 1 is 0.769 bits per heavy atom. The zero-order chi connectivity index (χ0) is 20.3. The topological polar surface area (TPSA) is 112 Å². The van der Waals surface area contributed by atoms with Crippen LogP contribution in [0.1, 0.15) is 65.7 Å². The van der Waals surface area contributed by atoms with Crippen molar-refractivity contribution in [3.8, 4) is 0 Å². The highest BCUT2D eigenvalue weighted by atomic mass is 16.4. The Kier molecular flexibility index (Phi) is 10.8. The number of carboxylic acids is 3. The lowest BCUT2D eigenvalue weighted by Crippen LogP contribution is -2.70.